The summed E-state index contributed by atoms with van der Waals surface area (Å²) in [6, 6.07) is 20.8. The van der Waals surface area contributed by atoms with Gasteiger partial charge in [0.1, 0.15) is 5.75 Å². The summed E-state index contributed by atoms with van der Waals surface area (Å²) in [7, 11) is 0. The van der Waals surface area contributed by atoms with E-state index < -0.39 is 5.60 Å². The zero-order valence-electron chi connectivity index (χ0n) is 20.2. The molecule has 4 heteroatoms. The normalized spacial score (nSPS) is 16.5. The standard InChI is InChI=1S/C29H34N2O2/c1-21-8-5-10-23(16-21)18-24-13-14-27(30-19-24)25-11-7-15-31(20-25)28(32)29(3,4)33-26-12-6-9-22(2)17-26/h5-6,8-10,12-14,16-17,19,25H,7,11,15,18,20H2,1-4H3/t25-/m1/s1. The molecule has 0 unspecified atom stereocenters. The van der Waals surface area contributed by atoms with Crippen LogP contribution >= 0.6 is 0 Å². The van der Waals surface area contributed by atoms with E-state index in [1.807, 2.05) is 56.1 Å². The summed E-state index contributed by atoms with van der Waals surface area (Å²) in [4.78, 5) is 20.1. The van der Waals surface area contributed by atoms with Gasteiger partial charge in [0.25, 0.3) is 5.91 Å². The summed E-state index contributed by atoms with van der Waals surface area (Å²) < 4.78 is 6.11. The van der Waals surface area contributed by atoms with Crippen molar-refractivity contribution in [3.63, 3.8) is 0 Å². The van der Waals surface area contributed by atoms with Gasteiger partial charge in [-0.05, 0) is 81.8 Å². The minimum atomic E-state index is -0.916. The van der Waals surface area contributed by atoms with Crippen LogP contribution in [0, 0.1) is 13.8 Å². The number of carbonyl (C=O) groups excluding carboxylic acids is 1. The van der Waals surface area contributed by atoms with Crippen molar-refractivity contribution in [3.05, 3.63) is 94.8 Å². The van der Waals surface area contributed by atoms with Crippen molar-refractivity contribution >= 4 is 5.91 Å². The van der Waals surface area contributed by atoms with Crippen LogP contribution in [0.15, 0.2) is 66.9 Å². The molecule has 1 fully saturated rings. The summed E-state index contributed by atoms with van der Waals surface area (Å²) in [6.07, 6.45) is 4.90. The first kappa shape index (κ1) is 23.0. The molecule has 2 aromatic carbocycles. The Balaban J connectivity index is 1.40. The van der Waals surface area contributed by atoms with Crippen LogP contribution in [0.1, 0.15) is 60.6 Å². The molecule has 1 aromatic heterocycles. The molecular formula is C29H34N2O2. The predicted molar refractivity (Wildman–Crippen MR) is 133 cm³/mol. The Morgan fingerprint density at radius 2 is 1.79 bits per heavy atom. The van der Waals surface area contributed by atoms with E-state index in [9.17, 15) is 4.79 Å². The largest absolute Gasteiger partial charge is 0.478 e. The third kappa shape index (κ3) is 5.81. The molecule has 2 heterocycles. The molecule has 4 rings (SSSR count). The van der Waals surface area contributed by atoms with E-state index >= 15 is 0 Å². The van der Waals surface area contributed by atoms with Crippen LogP contribution in [0.25, 0.3) is 0 Å². The Morgan fingerprint density at radius 1 is 1.03 bits per heavy atom. The zero-order chi connectivity index (χ0) is 23.4. The number of hydrogen-bond donors (Lipinski definition) is 0. The lowest BCUT2D eigenvalue weighted by Gasteiger charge is -2.37. The maximum absolute atomic E-state index is 13.4. The third-order valence-electron chi connectivity index (χ3n) is 6.34. The molecule has 3 aromatic rings. The Kier molecular flexibility index (Phi) is 6.83. The first-order valence-electron chi connectivity index (χ1n) is 11.9. The molecule has 0 N–H and O–H groups in total. The molecule has 0 spiro atoms. The molecule has 0 radical (unpaired) electrons. The number of pyridine rings is 1. The van der Waals surface area contributed by atoms with Crippen LogP contribution in [-0.2, 0) is 11.2 Å². The van der Waals surface area contributed by atoms with E-state index in [1.165, 1.54) is 16.7 Å². The van der Waals surface area contributed by atoms with Gasteiger partial charge in [-0.25, -0.2) is 0 Å². The number of rotatable bonds is 6. The predicted octanol–water partition coefficient (Wildman–Crippen LogP) is 5.85. The van der Waals surface area contributed by atoms with E-state index in [1.54, 1.807) is 0 Å². The number of ether oxygens (including phenoxy) is 1. The summed E-state index contributed by atoms with van der Waals surface area (Å²) in [5.74, 6) is 1.02. The summed E-state index contributed by atoms with van der Waals surface area (Å²) >= 11 is 0. The number of hydrogen-bond acceptors (Lipinski definition) is 3. The number of aromatic nitrogens is 1. The van der Waals surface area contributed by atoms with Crippen molar-refractivity contribution in [3.8, 4) is 5.75 Å². The number of aryl methyl sites for hydroxylation is 2. The van der Waals surface area contributed by atoms with Crippen LogP contribution in [0.3, 0.4) is 0 Å². The van der Waals surface area contributed by atoms with Crippen LogP contribution in [0.2, 0.25) is 0 Å². The van der Waals surface area contributed by atoms with Gasteiger partial charge >= 0.3 is 0 Å². The molecule has 4 nitrogen and oxygen atoms in total. The number of nitrogens with zero attached hydrogens (tertiary/aromatic N) is 2. The van der Waals surface area contributed by atoms with Crippen molar-refractivity contribution in [1.82, 2.24) is 9.88 Å². The van der Waals surface area contributed by atoms with E-state index in [-0.39, 0.29) is 11.8 Å². The fraction of sp³-hybridized carbons (Fsp3) is 0.379. The van der Waals surface area contributed by atoms with Gasteiger partial charge in [0.2, 0.25) is 0 Å². The summed E-state index contributed by atoms with van der Waals surface area (Å²) in [5.41, 5.74) is 5.05. The highest BCUT2D eigenvalue weighted by Gasteiger charge is 2.37. The average molecular weight is 443 g/mol. The van der Waals surface area contributed by atoms with E-state index in [2.05, 4.69) is 43.3 Å². The molecule has 0 saturated carbocycles. The topological polar surface area (TPSA) is 42.4 Å². The highest BCUT2D eigenvalue weighted by molar-refractivity contribution is 5.85. The maximum Gasteiger partial charge on any atom is 0.266 e. The number of likely N-dealkylation sites (tertiary alicyclic amines) is 1. The second-order valence-electron chi connectivity index (χ2n) is 9.78. The van der Waals surface area contributed by atoms with Gasteiger partial charge in [-0.15, -0.1) is 0 Å². The molecular weight excluding hydrogens is 408 g/mol. The number of benzene rings is 2. The Labute approximate surface area is 197 Å². The fourth-order valence-corrected chi connectivity index (χ4v) is 4.64. The summed E-state index contributed by atoms with van der Waals surface area (Å²) in [5, 5.41) is 0. The van der Waals surface area contributed by atoms with Crippen molar-refractivity contribution in [1.29, 1.82) is 0 Å². The molecule has 172 valence electrons. The minimum absolute atomic E-state index is 0.0322. The summed E-state index contributed by atoms with van der Waals surface area (Å²) in [6.45, 7) is 9.31. The van der Waals surface area contributed by atoms with Crippen LogP contribution in [0.5, 0.6) is 5.75 Å². The SMILES string of the molecule is Cc1cccc(Cc2ccc([C@@H]3CCCN(C(=O)C(C)(C)Oc4cccc(C)c4)C3)nc2)c1. The van der Waals surface area contributed by atoms with Gasteiger partial charge in [0.15, 0.2) is 5.60 Å². The average Bonchev–Trinajstić information content (AvgIpc) is 2.79. The number of amides is 1. The third-order valence-corrected chi connectivity index (χ3v) is 6.34. The first-order valence-corrected chi connectivity index (χ1v) is 11.9. The van der Waals surface area contributed by atoms with Gasteiger partial charge in [-0.3, -0.25) is 9.78 Å². The lowest BCUT2D eigenvalue weighted by molar-refractivity contribution is -0.146. The monoisotopic (exact) mass is 442 g/mol. The van der Waals surface area contributed by atoms with Gasteiger partial charge in [0.05, 0.1) is 0 Å². The van der Waals surface area contributed by atoms with Crippen molar-refractivity contribution in [2.45, 2.75) is 58.5 Å². The van der Waals surface area contributed by atoms with Gasteiger partial charge < -0.3 is 9.64 Å². The quantitative estimate of drug-likeness (QED) is 0.481. The molecule has 1 aliphatic heterocycles. The Bertz CT molecular complexity index is 1100. The highest BCUT2D eigenvalue weighted by Crippen LogP contribution is 2.29. The van der Waals surface area contributed by atoms with Gasteiger partial charge in [-0.2, -0.15) is 0 Å². The number of piperidine rings is 1. The molecule has 1 amide bonds. The van der Waals surface area contributed by atoms with Crippen LogP contribution < -0.4 is 4.74 Å². The molecule has 0 aliphatic carbocycles. The molecule has 1 aliphatic rings. The van der Waals surface area contributed by atoms with Gasteiger partial charge in [-0.1, -0.05) is 48.0 Å². The second kappa shape index (κ2) is 9.78. The molecule has 1 saturated heterocycles. The second-order valence-corrected chi connectivity index (χ2v) is 9.78. The van der Waals surface area contributed by atoms with Crippen LogP contribution in [0.4, 0.5) is 0 Å². The lowest BCUT2D eigenvalue weighted by Crippen LogP contribution is -2.51. The Hall–Kier alpha value is -3.14. The van der Waals surface area contributed by atoms with Crippen LogP contribution in [-0.4, -0.2) is 34.5 Å². The van der Waals surface area contributed by atoms with E-state index in [4.69, 9.17) is 9.72 Å². The molecule has 0 bridgehead atoms. The zero-order valence-corrected chi connectivity index (χ0v) is 20.2. The maximum atomic E-state index is 13.4. The van der Waals surface area contributed by atoms with Crippen molar-refractivity contribution in [2.75, 3.05) is 13.1 Å². The molecule has 33 heavy (non-hydrogen) atoms. The minimum Gasteiger partial charge on any atom is -0.478 e. The van der Waals surface area contributed by atoms with Gasteiger partial charge in [0, 0.05) is 30.9 Å². The van der Waals surface area contributed by atoms with E-state index in [0.717, 1.165) is 42.8 Å². The van der Waals surface area contributed by atoms with Crippen molar-refractivity contribution in [2.24, 2.45) is 0 Å². The smallest absolute Gasteiger partial charge is 0.266 e. The fourth-order valence-electron chi connectivity index (χ4n) is 4.64. The highest BCUT2D eigenvalue weighted by atomic mass is 16.5. The number of carbonyl (C=O) groups is 1. The lowest BCUT2D eigenvalue weighted by atomic mass is 9.92. The van der Waals surface area contributed by atoms with E-state index in [0.29, 0.717) is 6.54 Å². The molecule has 1 atom stereocenters. The first-order chi connectivity index (χ1) is 15.8. The Morgan fingerprint density at radius 3 is 2.48 bits per heavy atom. The van der Waals surface area contributed by atoms with Crippen molar-refractivity contribution < 1.29 is 9.53 Å².